The van der Waals surface area contributed by atoms with Crippen molar-refractivity contribution in [1.82, 2.24) is 10.6 Å². The number of hydrogen-bond acceptors (Lipinski definition) is 2. The van der Waals surface area contributed by atoms with Crippen molar-refractivity contribution in [2.45, 2.75) is 6.04 Å². The van der Waals surface area contributed by atoms with Gasteiger partial charge in [-0.15, -0.1) is 6.42 Å². The smallest absolute Gasteiger partial charge is 0.316 e. The molecule has 0 aliphatic carbocycles. The number of halogens is 3. The number of benzene rings is 1. The first kappa shape index (κ1) is 14.9. The Morgan fingerprint density at radius 3 is 2.42 bits per heavy atom. The van der Waals surface area contributed by atoms with Gasteiger partial charge in [0.2, 0.25) is 0 Å². The molecule has 0 heterocycles. The molecule has 0 saturated heterocycles. The van der Waals surface area contributed by atoms with E-state index in [0.29, 0.717) is 12.1 Å². The summed E-state index contributed by atoms with van der Waals surface area (Å²) in [7, 11) is 0. The number of amides is 2. The summed E-state index contributed by atoms with van der Waals surface area (Å²) < 4.78 is 38.8. The molecule has 1 atom stereocenters. The van der Waals surface area contributed by atoms with E-state index in [0.717, 1.165) is 0 Å². The number of terminal acetylenes is 1. The van der Waals surface area contributed by atoms with Gasteiger partial charge in [-0.1, -0.05) is 5.92 Å². The average Bonchev–Trinajstić information content (AvgIpc) is 2.39. The Hall–Kier alpha value is -2.20. The molecule has 2 amide bonds. The second kappa shape index (κ2) is 6.66. The molecule has 1 rings (SSSR count). The van der Waals surface area contributed by atoms with Gasteiger partial charge in [0, 0.05) is 0 Å². The van der Waals surface area contributed by atoms with Crippen molar-refractivity contribution in [2.24, 2.45) is 0 Å². The predicted molar refractivity (Wildman–Crippen MR) is 61.5 cm³/mol. The summed E-state index contributed by atoms with van der Waals surface area (Å²) in [5.41, 5.74) is -0.102. The number of hydrogen-bond donors (Lipinski definition) is 3. The van der Waals surface area contributed by atoms with Crippen LogP contribution in [-0.4, -0.2) is 24.3 Å². The van der Waals surface area contributed by atoms with Crippen LogP contribution in [0.2, 0.25) is 0 Å². The number of carbonyl (C=O) groups is 1. The zero-order valence-corrected chi connectivity index (χ0v) is 9.71. The number of carbonyl (C=O) groups excluding carboxylic acids is 1. The van der Waals surface area contributed by atoms with Crippen molar-refractivity contribution in [1.29, 1.82) is 0 Å². The number of urea groups is 1. The van der Waals surface area contributed by atoms with E-state index in [9.17, 15) is 18.0 Å². The fourth-order valence-electron chi connectivity index (χ4n) is 1.35. The van der Waals surface area contributed by atoms with Gasteiger partial charge in [0.1, 0.15) is 0 Å². The topological polar surface area (TPSA) is 61.4 Å². The molecule has 0 aliphatic heterocycles. The van der Waals surface area contributed by atoms with E-state index in [-0.39, 0.29) is 12.1 Å². The van der Waals surface area contributed by atoms with Crippen LogP contribution in [0.1, 0.15) is 11.6 Å². The van der Waals surface area contributed by atoms with Gasteiger partial charge >= 0.3 is 6.03 Å². The lowest BCUT2D eigenvalue weighted by molar-refractivity contribution is 0.217. The number of aliphatic hydroxyl groups is 1. The summed E-state index contributed by atoms with van der Waals surface area (Å²) in [5, 5.41) is 13.6. The monoisotopic (exact) mass is 272 g/mol. The Kier molecular flexibility index (Phi) is 5.21. The molecule has 0 radical (unpaired) electrons. The molecular weight excluding hydrogens is 261 g/mol. The van der Waals surface area contributed by atoms with E-state index in [2.05, 4.69) is 16.6 Å². The van der Waals surface area contributed by atoms with Gasteiger partial charge in [-0.05, 0) is 17.7 Å². The largest absolute Gasteiger partial charge is 0.394 e. The van der Waals surface area contributed by atoms with Crippen LogP contribution in [0.25, 0.3) is 0 Å². The predicted octanol–water partition coefficient (Wildman–Crippen LogP) is 1.07. The number of nitrogens with one attached hydrogen (secondary N) is 2. The normalized spacial score (nSPS) is 11.5. The molecule has 1 aromatic carbocycles. The van der Waals surface area contributed by atoms with E-state index >= 15 is 0 Å². The van der Waals surface area contributed by atoms with Crippen LogP contribution >= 0.6 is 0 Å². The highest BCUT2D eigenvalue weighted by Crippen LogP contribution is 2.19. The van der Waals surface area contributed by atoms with Crippen LogP contribution in [0.3, 0.4) is 0 Å². The number of rotatable bonds is 4. The second-order valence-corrected chi connectivity index (χ2v) is 3.56. The highest BCUT2D eigenvalue weighted by atomic mass is 19.2. The van der Waals surface area contributed by atoms with Crippen molar-refractivity contribution in [3.63, 3.8) is 0 Å². The molecule has 0 saturated carbocycles. The lowest BCUT2D eigenvalue weighted by atomic mass is 10.1. The number of aliphatic hydroxyl groups excluding tert-OH is 1. The van der Waals surface area contributed by atoms with E-state index in [1.807, 2.05) is 0 Å². The minimum Gasteiger partial charge on any atom is -0.394 e. The third-order valence-electron chi connectivity index (χ3n) is 2.25. The molecular formula is C12H11F3N2O2. The molecule has 0 bridgehead atoms. The summed E-state index contributed by atoms with van der Waals surface area (Å²) in [5.74, 6) is -2.27. The quantitative estimate of drug-likeness (QED) is 0.567. The van der Waals surface area contributed by atoms with Crippen LogP contribution in [0.15, 0.2) is 12.1 Å². The summed E-state index contributed by atoms with van der Waals surface area (Å²) in [6.07, 6.45) is 4.92. The van der Waals surface area contributed by atoms with Gasteiger partial charge in [0.05, 0.1) is 19.2 Å². The Labute approximate surface area is 107 Å². The van der Waals surface area contributed by atoms with Crippen molar-refractivity contribution >= 4 is 6.03 Å². The van der Waals surface area contributed by atoms with Crippen LogP contribution in [0.4, 0.5) is 18.0 Å². The molecule has 19 heavy (non-hydrogen) atoms. The highest BCUT2D eigenvalue weighted by molar-refractivity contribution is 5.74. The third kappa shape index (κ3) is 3.89. The van der Waals surface area contributed by atoms with Crippen molar-refractivity contribution < 1.29 is 23.1 Å². The first-order valence-electron chi connectivity index (χ1n) is 5.22. The first-order chi connectivity index (χ1) is 8.99. The lowest BCUT2D eigenvalue weighted by Crippen LogP contribution is -2.39. The Morgan fingerprint density at radius 2 is 1.95 bits per heavy atom. The molecule has 4 nitrogen and oxygen atoms in total. The van der Waals surface area contributed by atoms with Crippen molar-refractivity contribution in [3.05, 3.63) is 35.1 Å². The van der Waals surface area contributed by atoms with Gasteiger partial charge in [0.15, 0.2) is 17.5 Å². The Balaban J connectivity index is 2.86. The van der Waals surface area contributed by atoms with E-state index in [1.54, 1.807) is 0 Å². The molecule has 102 valence electrons. The molecule has 7 heteroatoms. The fraction of sp³-hybridized carbons (Fsp3) is 0.250. The van der Waals surface area contributed by atoms with Gasteiger partial charge in [0.25, 0.3) is 0 Å². The van der Waals surface area contributed by atoms with Gasteiger partial charge in [-0.25, -0.2) is 18.0 Å². The second-order valence-electron chi connectivity index (χ2n) is 3.56. The lowest BCUT2D eigenvalue weighted by Gasteiger charge is -2.17. The van der Waals surface area contributed by atoms with Gasteiger partial charge in [-0.2, -0.15) is 0 Å². The zero-order chi connectivity index (χ0) is 14.4. The summed E-state index contributed by atoms with van der Waals surface area (Å²) in [4.78, 5) is 11.3. The molecule has 0 aromatic heterocycles. The van der Waals surface area contributed by atoms with Crippen molar-refractivity contribution in [2.75, 3.05) is 13.2 Å². The molecule has 0 aliphatic rings. The SMILES string of the molecule is C#CCNC(=O)NC(CO)c1cc(F)c(F)c(F)c1. The summed E-state index contributed by atoms with van der Waals surface area (Å²) in [6, 6.07) is -0.411. The minimum atomic E-state index is -1.61. The molecule has 0 spiro atoms. The van der Waals surface area contributed by atoms with Crippen LogP contribution in [0.5, 0.6) is 0 Å². The summed E-state index contributed by atoms with van der Waals surface area (Å²) in [6.45, 7) is -0.663. The van der Waals surface area contributed by atoms with Crippen molar-refractivity contribution in [3.8, 4) is 12.3 Å². The maximum absolute atomic E-state index is 13.0. The summed E-state index contributed by atoms with van der Waals surface area (Å²) >= 11 is 0. The van der Waals surface area contributed by atoms with Gasteiger partial charge in [-0.3, -0.25) is 0 Å². The highest BCUT2D eigenvalue weighted by Gasteiger charge is 2.18. The van der Waals surface area contributed by atoms with Crippen LogP contribution in [-0.2, 0) is 0 Å². The van der Waals surface area contributed by atoms with E-state index < -0.39 is 36.1 Å². The molecule has 0 fully saturated rings. The first-order valence-corrected chi connectivity index (χ1v) is 5.22. The average molecular weight is 272 g/mol. The van der Waals surface area contributed by atoms with Gasteiger partial charge < -0.3 is 15.7 Å². The molecule has 1 unspecified atom stereocenters. The van der Waals surface area contributed by atoms with Crippen LogP contribution < -0.4 is 10.6 Å². The molecule has 3 N–H and O–H groups in total. The maximum atomic E-state index is 13.0. The fourth-order valence-corrected chi connectivity index (χ4v) is 1.35. The standard InChI is InChI=1S/C12H11F3N2O2/c1-2-3-16-12(19)17-10(6-18)7-4-8(13)11(15)9(14)5-7/h1,4-5,10,18H,3,6H2,(H2,16,17,19). The van der Waals surface area contributed by atoms with E-state index in [4.69, 9.17) is 11.5 Å². The van der Waals surface area contributed by atoms with Crippen LogP contribution in [0, 0.1) is 29.8 Å². The third-order valence-corrected chi connectivity index (χ3v) is 2.25. The Bertz CT molecular complexity index is 491. The zero-order valence-electron chi connectivity index (χ0n) is 9.71. The Morgan fingerprint density at radius 1 is 1.37 bits per heavy atom. The minimum absolute atomic E-state index is 0.0455. The van der Waals surface area contributed by atoms with E-state index in [1.165, 1.54) is 0 Å². The molecule has 1 aromatic rings. The maximum Gasteiger partial charge on any atom is 0.316 e.